The van der Waals surface area contributed by atoms with Crippen molar-refractivity contribution in [2.75, 3.05) is 13.1 Å². The zero-order valence-corrected chi connectivity index (χ0v) is 13.1. The first-order valence-corrected chi connectivity index (χ1v) is 7.78. The van der Waals surface area contributed by atoms with Gasteiger partial charge in [0.2, 0.25) is 5.16 Å². The average Bonchev–Trinajstić information content (AvgIpc) is 2.81. The summed E-state index contributed by atoms with van der Waals surface area (Å²) in [6.45, 7) is 8.61. The number of carbonyl (C=O) groups is 1. The summed E-state index contributed by atoms with van der Waals surface area (Å²) in [5.74, 6) is -0.219. The van der Waals surface area contributed by atoms with E-state index >= 15 is 0 Å². The molecule has 0 amide bonds. The Morgan fingerprint density at radius 2 is 2.25 bits per heavy atom. The van der Waals surface area contributed by atoms with E-state index in [4.69, 9.17) is 5.11 Å². The highest BCUT2D eigenvalue weighted by Gasteiger charge is 2.21. The highest BCUT2D eigenvalue weighted by molar-refractivity contribution is 8.00. The number of rotatable bonds is 10. The molecule has 1 rings (SSSR count). The number of hydrogen-bond acceptors (Lipinski definition) is 6. The normalized spacial score (nSPS) is 12.8. The molecular weight excluding hydrogens is 278 g/mol. The van der Waals surface area contributed by atoms with Crippen LogP contribution in [0.2, 0.25) is 0 Å². The summed E-state index contributed by atoms with van der Waals surface area (Å²) < 4.78 is 1.66. The second kappa shape index (κ2) is 8.91. The quantitative estimate of drug-likeness (QED) is 0.496. The lowest BCUT2D eigenvalue weighted by atomic mass is 10.2. The molecule has 1 unspecified atom stereocenters. The Labute approximate surface area is 123 Å². The van der Waals surface area contributed by atoms with Crippen LogP contribution in [-0.4, -0.2) is 49.6 Å². The van der Waals surface area contributed by atoms with E-state index in [2.05, 4.69) is 34.7 Å². The van der Waals surface area contributed by atoms with Gasteiger partial charge >= 0.3 is 5.97 Å². The van der Waals surface area contributed by atoms with E-state index in [0.29, 0.717) is 24.0 Å². The van der Waals surface area contributed by atoms with Crippen LogP contribution in [0.3, 0.4) is 0 Å². The number of nitrogens with one attached hydrogen (secondary N) is 1. The van der Waals surface area contributed by atoms with Crippen molar-refractivity contribution in [3.63, 3.8) is 0 Å². The van der Waals surface area contributed by atoms with Crippen LogP contribution in [0.5, 0.6) is 0 Å². The lowest BCUT2D eigenvalue weighted by Crippen LogP contribution is -2.25. The first-order valence-electron chi connectivity index (χ1n) is 6.91. The predicted octanol–water partition coefficient (Wildman–Crippen LogP) is 1.26. The van der Waals surface area contributed by atoms with Gasteiger partial charge in [0.15, 0.2) is 0 Å². The van der Waals surface area contributed by atoms with Crippen molar-refractivity contribution in [3.05, 3.63) is 0 Å². The zero-order chi connectivity index (χ0) is 15.0. The van der Waals surface area contributed by atoms with Gasteiger partial charge in [0.25, 0.3) is 0 Å². The predicted molar refractivity (Wildman–Crippen MR) is 77.7 cm³/mol. The van der Waals surface area contributed by atoms with E-state index in [1.54, 1.807) is 4.68 Å². The summed E-state index contributed by atoms with van der Waals surface area (Å²) in [5.41, 5.74) is 0. The Bertz CT molecular complexity index is 410. The highest BCUT2D eigenvalue weighted by atomic mass is 32.2. The fourth-order valence-corrected chi connectivity index (χ4v) is 2.66. The van der Waals surface area contributed by atoms with E-state index in [9.17, 15) is 4.79 Å². The van der Waals surface area contributed by atoms with E-state index in [1.165, 1.54) is 11.8 Å². The SMILES string of the molecule is CCCC(Sc1nnnn1CCNCC(C)C)C(=O)O. The number of aliphatic carboxylic acids is 1. The molecule has 0 bridgehead atoms. The molecule has 114 valence electrons. The number of tetrazole rings is 1. The fraction of sp³-hybridized carbons (Fsp3) is 0.833. The van der Waals surface area contributed by atoms with Crippen molar-refractivity contribution in [1.29, 1.82) is 0 Å². The van der Waals surface area contributed by atoms with Gasteiger partial charge in [-0.15, -0.1) is 5.10 Å². The Morgan fingerprint density at radius 3 is 2.85 bits per heavy atom. The third-order valence-electron chi connectivity index (χ3n) is 2.63. The molecule has 20 heavy (non-hydrogen) atoms. The van der Waals surface area contributed by atoms with Crippen molar-refractivity contribution < 1.29 is 9.90 Å². The van der Waals surface area contributed by atoms with Crippen molar-refractivity contribution >= 4 is 17.7 Å². The number of aromatic nitrogens is 4. The van der Waals surface area contributed by atoms with Gasteiger partial charge in [-0.2, -0.15) is 0 Å². The fourth-order valence-electron chi connectivity index (χ4n) is 1.62. The van der Waals surface area contributed by atoms with E-state index in [-0.39, 0.29) is 0 Å². The van der Waals surface area contributed by atoms with Gasteiger partial charge in [-0.05, 0) is 29.3 Å². The molecule has 1 atom stereocenters. The third-order valence-corrected chi connectivity index (χ3v) is 3.85. The molecule has 0 radical (unpaired) electrons. The molecule has 0 spiro atoms. The van der Waals surface area contributed by atoms with E-state index < -0.39 is 11.2 Å². The third kappa shape index (κ3) is 5.87. The first-order chi connectivity index (χ1) is 9.54. The van der Waals surface area contributed by atoms with Gasteiger partial charge in [0.1, 0.15) is 5.25 Å². The topological polar surface area (TPSA) is 92.9 Å². The summed E-state index contributed by atoms with van der Waals surface area (Å²) in [4.78, 5) is 11.2. The molecule has 2 N–H and O–H groups in total. The molecule has 0 aliphatic rings. The van der Waals surface area contributed by atoms with Crippen LogP contribution >= 0.6 is 11.8 Å². The molecule has 1 aromatic rings. The zero-order valence-electron chi connectivity index (χ0n) is 12.2. The Balaban J connectivity index is 2.50. The van der Waals surface area contributed by atoms with Crippen LogP contribution in [0, 0.1) is 5.92 Å². The molecule has 0 saturated carbocycles. The summed E-state index contributed by atoms with van der Waals surface area (Å²) >= 11 is 1.22. The van der Waals surface area contributed by atoms with E-state index in [0.717, 1.165) is 19.5 Å². The maximum Gasteiger partial charge on any atom is 0.317 e. The minimum atomic E-state index is -0.815. The second-order valence-electron chi connectivity index (χ2n) is 5.02. The second-order valence-corrected chi connectivity index (χ2v) is 6.19. The molecule has 8 heteroatoms. The average molecular weight is 301 g/mol. The Morgan fingerprint density at radius 1 is 1.50 bits per heavy atom. The van der Waals surface area contributed by atoms with Gasteiger partial charge in [0, 0.05) is 6.54 Å². The molecular formula is C12H23N5O2S. The minimum Gasteiger partial charge on any atom is -0.480 e. The van der Waals surface area contributed by atoms with Crippen molar-refractivity contribution in [2.24, 2.45) is 5.92 Å². The number of thioether (sulfide) groups is 1. The summed E-state index contributed by atoms with van der Waals surface area (Å²) in [5, 5.41) is 24.0. The van der Waals surface area contributed by atoms with Crippen LogP contribution in [0.4, 0.5) is 0 Å². The van der Waals surface area contributed by atoms with Gasteiger partial charge in [-0.3, -0.25) is 4.79 Å². The largest absolute Gasteiger partial charge is 0.480 e. The number of carboxylic acid groups (broad SMARTS) is 1. The van der Waals surface area contributed by atoms with Crippen LogP contribution in [0.15, 0.2) is 5.16 Å². The number of carboxylic acids is 1. The van der Waals surface area contributed by atoms with Crippen LogP contribution in [0.1, 0.15) is 33.6 Å². The van der Waals surface area contributed by atoms with Crippen molar-refractivity contribution in [2.45, 2.75) is 50.6 Å². The maximum atomic E-state index is 11.2. The monoisotopic (exact) mass is 301 g/mol. The van der Waals surface area contributed by atoms with E-state index in [1.807, 2.05) is 6.92 Å². The number of nitrogens with zero attached hydrogens (tertiary/aromatic N) is 4. The first kappa shape index (κ1) is 16.9. The van der Waals surface area contributed by atoms with Crippen LogP contribution in [0.25, 0.3) is 0 Å². The number of hydrogen-bond donors (Lipinski definition) is 2. The molecule has 0 aliphatic carbocycles. The lowest BCUT2D eigenvalue weighted by Gasteiger charge is -2.11. The van der Waals surface area contributed by atoms with Crippen molar-refractivity contribution in [3.8, 4) is 0 Å². The summed E-state index contributed by atoms with van der Waals surface area (Å²) in [7, 11) is 0. The van der Waals surface area contributed by atoms with Gasteiger partial charge in [-0.1, -0.05) is 39.0 Å². The standard InChI is InChI=1S/C12H23N5O2S/c1-4-5-10(11(18)19)20-12-14-15-16-17(12)7-6-13-8-9(2)3/h9-10,13H,4-8H2,1-3H3,(H,18,19). The molecule has 7 nitrogen and oxygen atoms in total. The van der Waals surface area contributed by atoms with Crippen molar-refractivity contribution in [1.82, 2.24) is 25.5 Å². The van der Waals surface area contributed by atoms with Gasteiger partial charge in [0.05, 0.1) is 6.54 Å². The van der Waals surface area contributed by atoms with Gasteiger partial charge in [-0.25, -0.2) is 4.68 Å². The smallest absolute Gasteiger partial charge is 0.317 e. The Hall–Kier alpha value is -1.15. The van der Waals surface area contributed by atoms with Gasteiger partial charge < -0.3 is 10.4 Å². The molecule has 0 aromatic carbocycles. The maximum absolute atomic E-state index is 11.2. The molecule has 1 aromatic heterocycles. The molecule has 0 fully saturated rings. The minimum absolute atomic E-state index is 0.492. The molecule has 1 heterocycles. The summed E-state index contributed by atoms with van der Waals surface area (Å²) in [6.07, 6.45) is 1.43. The highest BCUT2D eigenvalue weighted by Crippen LogP contribution is 2.23. The van der Waals surface area contributed by atoms with Crippen LogP contribution in [-0.2, 0) is 11.3 Å². The Kier molecular flexibility index (Phi) is 7.53. The van der Waals surface area contributed by atoms with Crippen LogP contribution < -0.4 is 5.32 Å². The lowest BCUT2D eigenvalue weighted by molar-refractivity contribution is -0.136. The molecule has 0 aliphatic heterocycles. The molecule has 0 saturated heterocycles. The summed E-state index contributed by atoms with van der Waals surface area (Å²) in [6, 6.07) is 0.